The predicted molar refractivity (Wildman–Crippen MR) is 262 cm³/mol. The van der Waals surface area contributed by atoms with Crippen molar-refractivity contribution in [3.8, 4) is 0 Å². The van der Waals surface area contributed by atoms with Crippen LogP contribution in [-0.2, 0) is 76.1 Å². The number of methoxy groups -OCH3 is 2. The summed E-state index contributed by atoms with van der Waals surface area (Å²) in [4.78, 5) is 64.8. The average Bonchev–Trinajstić information content (AvgIpc) is 3.42. The molecule has 1 unspecified atom stereocenters. The lowest BCUT2D eigenvalue weighted by atomic mass is 9.74. The number of ether oxygens (including phenoxy) is 11. The molecule has 0 amide bonds. The van der Waals surface area contributed by atoms with Crippen LogP contribution in [0.3, 0.4) is 0 Å². The first-order valence-electron chi connectivity index (χ1n) is 25.9. The highest BCUT2D eigenvalue weighted by Crippen LogP contribution is 2.40. The largest absolute Gasteiger partial charge is 0.461 e. The Balaban J connectivity index is 1.94. The summed E-state index contributed by atoms with van der Waals surface area (Å²) in [6.45, 7) is 25.1. The smallest absolute Gasteiger partial charge is 0.311 e. The van der Waals surface area contributed by atoms with Gasteiger partial charge in [-0.1, -0.05) is 53.6 Å². The fraction of sp³-hybridized carbons (Fsp3) is 0.904. The first-order valence-corrected chi connectivity index (χ1v) is 25.9. The molecule has 72 heavy (non-hydrogen) atoms. The average molecular weight is 1030 g/mol. The van der Waals surface area contributed by atoms with Crippen LogP contribution in [0.4, 0.5) is 0 Å². The molecule has 4 aliphatic rings. The molecule has 4 rings (SSSR count). The van der Waals surface area contributed by atoms with Crippen LogP contribution in [0.2, 0.25) is 0 Å². The Morgan fingerprint density at radius 1 is 0.819 bits per heavy atom. The molecule has 0 radical (unpaired) electrons. The number of cyclic esters (lactones) is 1. The second-order valence-corrected chi connectivity index (χ2v) is 21.9. The molecule has 0 bridgehead atoms. The van der Waals surface area contributed by atoms with Crippen molar-refractivity contribution in [2.75, 3.05) is 41.5 Å². The molecule has 2 N–H and O–H groups in total. The van der Waals surface area contributed by atoms with Crippen molar-refractivity contribution in [2.45, 2.75) is 220 Å². The molecular weight excluding hydrogens is 941 g/mol. The monoisotopic (exact) mass is 1030 g/mol. The Bertz CT molecular complexity index is 1790. The Hall–Kier alpha value is -2.89. The summed E-state index contributed by atoms with van der Waals surface area (Å²) >= 11 is 0. The molecule has 4 saturated heterocycles. The number of carbonyl (C=O) groups is 4. The molecule has 0 aromatic heterocycles. The number of aliphatic hydroxyl groups excluding tert-OH is 2. The highest BCUT2D eigenvalue weighted by atomic mass is 16.7. The molecule has 4 fully saturated rings. The van der Waals surface area contributed by atoms with Crippen LogP contribution >= 0.6 is 0 Å². The third kappa shape index (κ3) is 15.6. The number of esters is 3. The maximum absolute atomic E-state index is 15.4. The van der Waals surface area contributed by atoms with E-state index in [4.69, 9.17) is 56.9 Å². The number of hydrogen-bond acceptors (Lipinski definition) is 20. The van der Waals surface area contributed by atoms with Crippen molar-refractivity contribution in [3.05, 3.63) is 0 Å². The normalized spacial score (nSPS) is 42.3. The quantitative estimate of drug-likeness (QED) is 0.127. The van der Waals surface area contributed by atoms with Gasteiger partial charge in [0.15, 0.2) is 30.3 Å². The topological polar surface area (TPSA) is 235 Å². The molecule has 0 aromatic carbocycles. The van der Waals surface area contributed by atoms with Gasteiger partial charge in [-0.15, -0.1) is 0 Å². The van der Waals surface area contributed by atoms with E-state index in [1.54, 1.807) is 34.6 Å². The van der Waals surface area contributed by atoms with Crippen molar-refractivity contribution in [1.29, 1.82) is 0 Å². The fourth-order valence-corrected chi connectivity index (χ4v) is 11.1. The Morgan fingerprint density at radius 3 is 2.07 bits per heavy atom. The number of aliphatic hydroxyl groups is 2. The number of Topliss-reactive ketones (excluding diaryl/α,β-unsaturated/α-hetero) is 1. The van der Waals surface area contributed by atoms with Crippen molar-refractivity contribution in [3.63, 3.8) is 0 Å². The maximum Gasteiger partial charge on any atom is 0.311 e. The van der Waals surface area contributed by atoms with Crippen LogP contribution in [0, 0.1) is 41.4 Å². The number of carbonyl (C=O) groups excluding carboxylic acids is 4. The summed E-state index contributed by atoms with van der Waals surface area (Å²) in [5.41, 5.74) is -1.54. The lowest BCUT2D eigenvalue weighted by molar-refractivity contribution is -0.305. The molecule has 4 aliphatic heterocycles. The Morgan fingerprint density at radius 2 is 1.47 bits per heavy atom. The Labute approximate surface area is 428 Å². The molecule has 22 atom stereocenters. The van der Waals surface area contributed by atoms with Crippen LogP contribution in [0.15, 0.2) is 5.16 Å². The standard InChI is InChI=1S/C52H90N2O18/c1-25(2)19-38(56)68-44-32(9)43(27(4)24-64-51-47(62-17)46(61-16)40(57)35(12)67-51)70-49(60)34(11)45(69-39-20-28(5)54(15)23-30(7)65-39)31(8)42(71-50-41(58)37(53-63-18)21-29(6)66-50)26(3)22-52(14,72-36(13)55)48(59)33(44)10/h25-35,39-47,50-51,57-58H,19-24H2,1-18H3/b53-37+/t26-,27-,28?,29+,30-,31+,32-,33+,34+,35+,39-,40+,41+,42-,43+,44+,45-,46+,47+,50-,51+,52-/m0/s1. The van der Waals surface area contributed by atoms with Gasteiger partial charge in [0, 0.05) is 70.7 Å². The Kier molecular flexibility index (Phi) is 23.3. The van der Waals surface area contributed by atoms with Gasteiger partial charge in [0.2, 0.25) is 0 Å². The van der Waals surface area contributed by atoms with E-state index in [0.717, 1.165) is 0 Å². The number of oxime groups is 1. The lowest BCUT2D eigenvalue weighted by Crippen LogP contribution is -2.59. The zero-order chi connectivity index (χ0) is 54.1. The van der Waals surface area contributed by atoms with E-state index in [1.807, 2.05) is 48.6 Å². The highest BCUT2D eigenvalue weighted by molar-refractivity contribution is 5.91. The second-order valence-electron chi connectivity index (χ2n) is 21.9. The lowest BCUT2D eigenvalue weighted by Gasteiger charge is -2.45. The summed E-state index contributed by atoms with van der Waals surface area (Å²) in [6.07, 6.45) is -12.2. The minimum absolute atomic E-state index is 0.0291. The van der Waals surface area contributed by atoms with Gasteiger partial charge in [0.25, 0.3) is 0 Å². The molecule has 0 saturated carbocycles. The van der Waals surface area contributed by atoms with E-state index >= 15 is 9.59 Å². The van der Waals surface area contributed by atoms with E-state index in [1.165, 1.54) is 35.2 Å². The summed E-state index contributed by atoms with van der Waals surface area (Å²) in [6, 6.07) is 0.0305. The number of likely N-dealkylation sites (N-methyl/N-ethyl adjacent to an activating group) is 1. The third-order valence-electron chi connectivity index (χ3n) is 15.0. The van der Waals surface area contributed by atoms with Gasteiger partial charge in [0.1, 0.15) is 43.7 Å². The molecule has 20 heteroatoms. The van der Waals surface area contributed by atoms with Gasteiger partial charge in [0.05, 0.1) is 54.7 Å². The van der Waals surface area contributed by atoms with Crippen molar-refractivity contribution in [1.82, 2.24) is 4.90 Å². The number of rotatable bonds is 15. The van der Waals surface area contributed by atoms with Gasteiger partial charge in [-0.05, 0) is 66.8 Å². The molecule has 20 nitrogen and oxygen atoms in total. The third-order valence-corrected chi connectivity index (χ3v) is 15.0. The van der Waals surface area contributed by atoms with Crippen LogP contribution in [0.25, 0.3) is 0 Å². The van der Waals surface area contributed by atoms with Crippen molar-refractivity contribution >= 4 is 29.4 Å². The van der Waals surface area contributed by atoms with E-state index < -0.39 is 145 Å². The predicted octanol–water partition coefficient (Wildman–Crippen LogP) is 4.84. The molecular formula is C52H90N2O18. The van der Waals surface area contributed by atoms with Crippen molar-refractivity contribution in [2.24, 2.45) is 46.6 Å². The highest BCUT2D eigenvalue weighted by Gasteiger charge is 2.52. The van der Waals surface area contributed by atoms with Crippen LogP contribution in [-0.4, -0.2) is 184 Å². The SMILES string of the molecule is CO/N=C1\C[C@@H](C)O[C@@H](O[C@@H]2[C@@H](C)[C@H](O[C@H]3CC(C)N(C)C[C@H](C)O3)[C@@H](C)C(=O)O[C@H]([C@@H](C)CO[C@@H]3O[C@H](C)[C@@H](O)[C@@H](OC)[C@H]3OC)[C@H](C)[C@@H](OC(=O)CC(C)C)[C@@H](C)C(=O)[C@@](C)(OC(C)=O)C[C@@H]2C)[C@@H]1O. The van der Waals surface area contributed by atoms with Crippen molar-refractivity contribution < 1.29 is 86.3 Å². The van der Waals surface area contributed by atoms with Crippen LogP contribution in [0.5, 0.6) is 0 Å². The minimum Gasteiger partial charge on any atom is -0.461 e. The van der Waals surface area contributed by atoms with Gasteiger partial charge in [-0.3, -0.25) is 19.2 Å². The summed E-state index contributed by atoms with van der Waals surface area (Å²) < 4.78 is 69.5. The summed E-state index contributed by atoms with van der Waals surface area (Å²) in [5.74, 6) is -7.76. The van der Waals surface area contributed by atoms with E-state index in [-0.39, 0.29) is 43.9 Å². The second kappa shape index (κ2) is 27.2. The van der Waals surface area contributed by atoms with Gasteiger partial charge in [-0.25, -0.2) is 0 Å². The minimum atomic E-state index is -1.84. The number of nitrogens with zero attached hydrogens (tertiary/aromatic N) is 2. The first-order chi connectivity index (χ1) is 33.7. The summed E-state index contributed by atoms with van der Waals surface area (Å²) in [7, 11) is 6.30. The number of hydrogen-bond donors (Lipinski definition) is 2. The van der Waals surface area contributed by atoms with Crippen LogP contribution in [0.1, 0.15) is 123 Å². The molecule has 0 spiro atoms. The molecule has 416 valence electrons. The fourth-order valence-electron chi connectivity index (χ4n) is 11.1. The molecule has 0 aliphatic carbocycles. The maximum atomic E-state index is 15.4. The first kappa shape index (κ1) is 61.7. The number of ketones is 1. The zero-order valence-electron chi connectivity index (χ0n) is 46.3. The zero-order valence-corrected chi connectivity index (χ0v) is 46.3. The van der Waals surface area contributed by atoms with E-state index in [0.29, 0.717) is 18.7 Å². The molecule has 4 heterocycles. The molecule has 0 aromatic rings. The van der Waals surface area contributed by atoms with Gasteiger partial charge < -0.3 is 72.1 Å². The van der Waals surface area contributed by atoms with Crippen LogP contribution < -0.4 is 0 Å². The van der Waals surface area contributed by atoms with E-state index in [9.17, 15) is 19.8 Å². The van der Waals surface area contributed by atoms with Gasteiger partial charge in [-0.2, -0.15) is 0 Å². The summed E-state index contributed by atoms with van der Waals surface area (Å²) in [5, 5.41) is 26.6. The van der Waals surface area contributed by atoms with Gasteiger partial charge >= 0.3 is 17.9 Å². The van der Waals surface area contributed by atoms with E-state index in [2.05, 4.69) is 17.0 Å².